The summed E-state index contributed by atoms with van der Waals surface area (Å²) in [6.07, 6.45) is -3.49. The Morgan fingerprint density at radius 2 is 2.06 bits per heavy atom. The summed E-state index contributed by atoms with van der Waals surface area (Å²) in [6.45, 7) is -0.961. The molecule has 1 heterocycles. The Morgan fingerprint density at radius 1 is 1.41 bits per heavy atom. The highest BCUT2D eigenvalue weighted by Crippen LogP contribution is 2.21. The second kappa shape index (κ2) is 6.03. The third kappa shape index (κ3) is 3.20. The molecule has 5 unspecified atom stereocenters. The van der Waals surface area contributed by atoms with Crippen LogP contribution in [0.4, 0.5) is 0 Å². The summed E-state index contributed by atoms with van der Waals surface area (Å²) in [6, 6.07) is 0. The molecule has 1 aliphatic rings. The standard InChI is InChI=1S/C9H16N2O6/c10-8(16)4(2-12)1-11-9-7(15)6(14)5(3-13)17-9/h1,4-7,9,12-15H,2-3H2,(H2,10,16). The van der Waals surface area contributed by atoms with E-state index in [2.05, 4.69) is 4.99 Å². The Morgan fingerprint density at radius 3 is 2.47 bits per heavy atom. The highest BCUT2D eigenvalue weighted by Gasteiger charge is 2.42. The van der Waals surface area contributed by atoms with Crippen LogP contribution in [0.25, 0.3) is 0 Å². The molecule has 0 aromatic carbocycles. The van der Waals surface area contributed by atoms with Crippen molar-refractivity contribution in [2.45, 2.75) is 24.5 Å². The molecule has 98 valence electrons. The van der Waals surface area contributed by atoms with E-state index in [0.717, 1.165) is 6.21 Å². The van der Waals surface area contributed by atoms with Crippen molar-refractivity contribution in [1.82, 2.24) is 0 Å². The summed E-state index contributed by atoms with van der Waals surface area (Å²) in [5.74, 6) is -1.74. The lowest BCUT2D eigenvalue weighted by atomic mass is 10.1. The largest absolute Gasteiger partial charge is 0.395 e. The highest BCUT2D eigenvalue weighted by molar-refractivity contribution is 5.92. The molecule has 0 aromatic heterocycles. The van der Waals surface area contributed by atoms with Crippen LogP contribution in [0.5, 0.6) is 0 Å². The van der Waals surface area contributed by atoms with Crippen molar-refractivity contribution >= 4 is 12.1 Å². The lowest BCUT2D eigenvalue weighted by molar-refractivity contribution is -0.120. The fraction of sp³-hybridized carbons (Fsp3) is 0.778. The molecule has 0 saturated carbocycles. The van der Waals surface area contributed by atoms with E-state index in [-0.39, 0.29) is 0 Å². The molecular weight excluding hydrogens is 232 g/mol. The van der Waals surface area contributed by atoms with E-state index in [1.807, 2.05) is 0 Å². The Bertz CT molecular complexity index is 297. The van der Waals surface area contributed by atoms with Crippen molar-refractivity contribution in [2.75, 3.05) is 13.2 Å². The van der Waals surface area contributed by atoms with Crippen LogP contribution in [-0.4, -0.2) is 70.3 Å². The quantitative estimate of drug-likeness (QED) is 0.320. The molecule has 8 nitrogen and oxygen atoms in total. The normalized spacial score (nSPS) is 35.3. The van der Waals surface area contributed by atoms with Gasteiger partial charge in [0.2, 0.25) is 5.91 Å². The van der Waals surface area contributed by atoms with Crippen molar-refractivity contribution in [1.29, 1.82) is 0 Å². The first-order valence-electron chi connectivity index (χ1n) is 5.07. The van der Waals surface area contributed by atoms with Crippen LogP contribution >= 0.6 is 0 Å². The maximum Gasteiger partial charge on any atom is 0.228 e. The first kappa shape index (κ1) is 14.0. The van der Waals surface area contributed by atoms with Crippen LogP contribution in [0, 0.1) is 5.92 Å². The van der Waals surface area contributed by atoms with Crippen molar-refractivity contribution < 1.29 is 30.0 Å². The fourth-order valence-electron chi connectivity index (χ4n) is 1.40. The number of aliphatic imine (C=N–C) groups is 1. The summed E-state index contributed by atoms with van der Waals surface area (Å²) in [5.41, 5.74) is 4.96. The third-order valence-electron chi connectivity index (χ3n) is 2.49. The molecule has 0 radical (unpaired) electrons. The topological polar surface area (TPSA) is 146 Å². The second-order valence-corrected chi connectivity index (χ2v) is 3.72. The molecule has 1 saturated heterocycles. The molecule has 0 bridgehead atoms. The Kier molecular flexibility index (Phi) is 4.97. The predicted molar refractivity (Wildman–Crippen MR) is 56.0 cm³/mol. The minimum atomic E-state index is -1.30. The molecule has 0 spiro atoms. The highest BCUT2D eigenvalue weighted by atomic mass is 16.6. The predicted octanol–water partition coefficient (Wildman–Crippen LogP) is -3.41. The Balaban J connectivity index is 2.63. The molecule has 5 atom stereocenters. The van der Waals surface area contributed by atoms with E-state index >= 15 is 0 Å². The molecule has 1 amide bonds. The van der Waals surface area contributed by atoms with Gasteiger partial charge in [0.25, 0.3) is 0 Å². The van der Waals surface area contributed by atoms with Gasteiger partial charge >= 0.3 is 0 Å². The Hall–Kier alpha value is -1.06. The van der Waals surface area contributed by atoms with Crippen LogP contribution in [-0.2, 0) is 9.53 Å². The number of aliphatic hydroxyl groups excluding tert-OH is 4. The average Bonchev–Trinajstić information content (AvgIpc) is 2.57. The summed E-state index contributed by atoms with van der Waals surface area (Å²) in [7, 11) is 0. The summed E-state index contributed by atoms with van der Waals surface area (Å²) >= 11 is 0. The molecule has 0 aromatic rings. The van der Waals surface area contributed by atoms with Crippen LogP contribution in [0.1, 0.15) is 0 Å². The monoisotopic (exact) mass is 248 g/mol. The summed E-state index contributed by atoms with van der Waals surface area (Å²) < 4.78 is 5.03. The number of nitrogens with two attached hydrogens (primary N) is 1. The SMILES string of the molecule is NC(=O)C(C=NC1OC(CO)C(O)C1O)CO. The van der Waals surface area contributed by atoms with Gasteiger partial charge in [-0.1, -0.05) is 0 Å². The maximum absolute atomic E-state index is 10.8. The number of amides is 1. The smallest absolute Gasteiger partial charge is 0.228 e. The van der Waals surface area contributed by atoms with Gasteiger partial charge in [0.05, 0.1) is 19.1 Å². The molecular formula is C9H16N2O6. The summed E-state index contributed by atoms with van der Waals surface area (Å²) in [4.78, 5) is 14.5. The zero-order valence-corrected chi connectivity index (χ0v) is 9.01. The van der Waals surface area contributed by atoms with Gasteiger partial charge in [-0.2, -0.15) is 0 Å². The second-order valence-electron chi connectivity index (χ2n) is 3.72. The number of ether oxygens (including phenoxy) is 1. The molecule has 0 aliphatic carbocycles. The fourth-order valence-corrected chi connectivity index (χ4v) is 1.40. The molecule has 17 heavy (non-hydrogen) atoms. The number of carbonyl (C=O) groups excluding carboxylic acids is 1. The van der Waals surface area contributed by atoms with E-state index in [9.17, 15) is 15.0 Å². The molecule has 8 heteroatoms. The van der Waals surface area contributed by atoms with E-state index in [1.54, 1.807) is 0 Å². The van der Waals surface area contributed by atoms with Crippen molar-refractivity contribution in [3.05, 3.63) is 0 Å². The number of aliphatic hydroxyl groups is 4. The number of primary amides is 1. The number of hydrogen-bond donors (Lipinski definition) is 5. The van der Waals surface area contributed by atoms with E-state index in [4.69, 9.17) is 20.7 Å². The minimum Gasteiger partial charge on any atom is -0.395 e. The number of rotatable bonds is 5. The molecule has 1 rings (SSSR count). The maximum atomic E-state index is 10.8. The van der Waals surface area contributed by atoms with E-state index < -0.39 is 49.6 Å². The summed E-state index contributed by atoms with van der Waals surface area (Å²) in [5, 5.41) is 36.5. The van der Waals surface area contributed by atoms with Crippen LogP contribution in [0.15, 0.2) is 4.99 Å². The first-order valence-corrected chi connectivity index (χ1v) is 5.07. The number of hydrogen-bond acceptors (Lipinski definition) is 7. The molecule has 1 fully saturated rings. The van der Waals surface area contributed by atoms with Crippen LogP contribution in [0.3, 0.4) is 0 Å². The van der Waals surface area contributed by atoms with Gasteiger partial charge in [-0.15, -0.1) is 0 Å². The van der Waals surface area contributed by atoms with Crippen LogP contribution < -0.4 is 5.73 Å². The lowest BCUT2D eigenvalue weighted by Crippen LogP contribution is -2.33. The first-order chi connectivity index (χ1) is 8.01. The van der Waals surface area contributed by atoms with Gasteiger partial charge in [0.1, 0.15) is 18.3 Å². The zero-order valence-electron chi connectivity index (χ0n) is 9.01. The van der Waals surface area contributed by atoms with Gasteiger partial charge in [-0.3, -0.25) is 9.79 Å². The van der Waals surface area contributed by atoms with Gasteiger partial charge in [-0.05, 0) is 0 Å². The van der Waals surface area contributed by atoms with E-state index in [1.165, 1.54) is 0 Å². The minimum absolute atomic E-state index is 0.455. The van der Waals surface area contributed by atoms with Gasteiger partial charge < -0.3 is 30.9 Å². The zero-order chi connectivity index (χ0) is 13.0. The Labute approximate surface area is 97.3 Å². The molecule has 6 N–H and O–H groups in total. The lowest BCUT2D eigenvalue weighted by Gasteiger charge is -2.10. The van der Waals surface area contributed by atoms with Gasteiger partial charge in [0, 0.05) is 6.21 Å². The van der Waals surface area contributed by atoms with E-state index in [0.29, 0.717) is 0 Å². The third-order valence-corrected chi connectivity index (χ3v) is 2.49. The number of carbonyl (C=O) groups is 1. The van der Waals surface area contributed by atoms with Gasteiger partial charge in [0.15, 0.2) is 6.23 Å². The van der Waals surface area contributed by atoms with Crippen molar-refractivity contribution in [3.63, 3.8) is 0 Å². The van der Waals surface area contributed by atoms with Crippen molar-refractivity contribution in [3.8, 4) is 0 Å². The van der Waals surface area contributed by atoms with Gasteiger partial charge in [-0.25, -0.2) is 0 Å². The number of nitrogens with zero attached hydrogens (tertiary/aromatic N) is 1. The van der Waals surface area contributed by atoms with Crippen LogP contribution in [0.2, 0.25) is 0 Å². The van der Waals surface area contributed by atoms with Crippen molar-refractivity contribution in [2.24, 2.45) is 16.6 Å². The molecule has 1 aliphatic heterocycles. The average molecular weight is 248 g/mol.